The maximum atomic E-state index is 5.79. The molecular formula is C12H18BrN3. The normalized spacial score (nSPS) is 25.4. The summed E-state index contributed by atoms with van der Waals surface area (Å²) < 4.78 is 1.00. The van der Waals surface area contributed by atoms with Gasteiger partial charge in [-0.2, -0.15) is 0 Å². The van der Waals surface area contributed by atoms with Crippen molar-refractivity contribution in [2.45, 2.75) is 19.4 Å². The smallest absolute Gasteiger partial charge is 0.0460 e. The third kappa shape index (κ3) is 3.03. The number of rotatable bonds is 5. The first-order valence-corrected chi connectivity index (χ1v) is 6.54. The van der Waals surface area contributed by atoms with Gasteiger partial charge in [-0.25, -0.2) is 0 Å². The molecule has 3 atom stereocenters. The van der Waals surface area contributed by atoms with Crippen LogP contribution in [0.1, 0.15) is 24.9 Å². The van der Waals surface area contributed by atoms with Crippen LogP contribution in [0.4, 0.5) is 0 Å². The molecule has 1 aromatic heterocycles. The van der Waals surface area contributed by atoms with E-state index in [0.717, 1.165) is 28.4 Å². The molecule has 3 nitrogen and oxygen atoms in total. The first-order valence-electron chi connectivity index (χ1n) is 5.74. The van der Waals surface area contributed by atoms with Crippen molar-refractivity contribution < 1.29 is 0 Å². The fraction of sp³-hybridized carbons (Fsp3) is 0.583. The van der Waals surface area contributed by atoms with E-state index in [1.54, 1.807) is 6.20 Å². The Labute approximate surface area is 105 Å². The zero-order valence-electron chi connectivity index (χ0n) is 9.49. The summed E-state index contributed by atoms with van der Waals surface area (Å²) in [7, 11) is 0. The van der Waals surface area contributed by atoms with Gasteiger partial charge >= 0.3 is 0 Å². The topological polar surface area (TPSA) is 50.9 Å². The lowest BCUT2D eigenvalue weighted by atomic mass is 10.1. The highest BCUT2D eigenvalue weighted by Gasteiger charge is 2.32. The van der Waals surface area contributed by atoms with E-state index in [2.05, 4.69) is 39.2 Å². The minimum atomic E-state index is 0.220. The van der Waals surface area contributed by atoms with Crippen LogP contribution >= 0.6 is 15.9 Å². The van der Waals surface area contributed by atoms with Gasteiger partial charge < -0.3 is 11.1 Å². The molecule has 1 aliphatic carbocycles. The van der Waals surface area contributed by atoms with Crippen molar-refractivity contribution in [3.63, 3.8) is 0 Å². The van der Waals surface area contributed by atoms with E-state index in [1.165, 1.54) is 6.42 Å². The second-order valence-corrected chi connectivity index (χ2v) is 5.52. The molecular weight excluding hydrogens is 266 g/mol. The average Bonchev–Trinajstić information content (AvgIpc) is 2.96. The van der Waals surface area contributed by atoms with Crippen LogP contribution in [0.25, 0.3) is 0 Å². The predicted octanol–water partition coefficient (Wildman–Crippen LogP) is 2.09. The Morgan fingerprint density at radius 1 is 1.62 bits per heavy atom. The molecule has 0 spiro atoms. The van der Waals surface area contributed by atoms with Crippen LogP contribution in [-0.4, -0.2) is 18.1 Å². The molecule has 3 N–H and O–H groups in total. The summed E-state index contributed by atoms with van der Waals surface area (Å²) >= 11 is 3.43. The van der Waals surface area contributed by atoms with Crippen LogP contribution in [-0.2, 0) is 0 Å². The highest BCUT2D eigenvalue weighted by atomic mass is 79.9. The zero-order valence-corrected chi connectivity index (χ0v) is 11.1. The molecule has 1 aliphatic rings. The molecule has 4 heteroatoms. The van der Waals surface area contributed by atoms with Crippen LogP contribution < -0.4 is 11.1 Å². The SMILES string of the molecule is CC1CC1CNC(CN)c1cncc(Br)c1. The van der Waals surface area contributed by atoms with Crippen LogP contribution in [0.15, 0.2) is 22.9 Å². The van der Waals surface area contributed by atoms with Gasteiger partial charge in [0.25, 0.3) is 0 Å². The van der Waals surface area contributed by atoms with Gasteiger partial charge in [0.1, 0.15) is 0 Å². The first kappa shape index (κ1) is 12.0. The summed E-state index contributed by atoms with van der Waals surface area (Å²) in [5, 5.41) is 3.52. The standard InChI is InChI=1S/C12H18BrN3/c1-8-2-9(8)6-16-12(4-14)10-3-11(13)7-15-5-10/h3,5,7-9,12,16H,2,4,6,14H2,1H3. The van der Waals surface area contributed by atoms with Gasteiger partial charge in [-0.1, -0.05) is 6.92 Å². The number of hydrogen-bond acceptors (Lipinski definition) is 3. The van der Waals surface area contributed by atoms with E-state index < -0.39 is 0 Å². The Balaban J connectivity index is 1.93. The molecule has 0 aromatic carbocycles. The molecule has 3 unspecified atom stereocenters. The molecule has 0 radical (unpaired) electrons. The summed E-state index contributed by atoms with van der Waals surface area (Å²) in [6, 6.07) is 2.30. The molecule has 0 aliphatic heterocycles. The number of hydrogen-bond donors (Lipinski definition) is 2. The van der Waals surface area contributed by atoms with Gasteiger partial charge in [0.2, 0.25) is 0 Å². The zero-order chi connectivity index (χ0) is 11.5. The summed E-state index contributed by atoms with van der Waals surface area (Å²) in [6.45, 7) is 3.97. The van der Waals surface area contributed by atoms with Crippen molar-refractivity contribution in [1.29, 1.82) is 0 Å². The van der Waals surface area contributed by atoms with Crippen molar-refractivity contribution in [3.8, 4) is 0 Å². The van der Waals surface area contributed by atoms with Crippen molar-refractivity contribution in [3.05, 3.63) is 28.5 Å². The number of pyridine rings is 1. The van der Waals surface area contributed by atoms with Crippen LogP contribution in [0, 0.1) is 11.8 Å². The maximum Gasteiger partial charge on any atom is 0.0460 e. The number of nitrogens with two attached hydrogens (primary N) is 1. The molecule has 16 heavy (non-hydrogen) atoms. The van der Waals surface area contributed by atoms with E-state index in [0.29, 0.717) is 6.54 Å². The van der Waals surface area contributed by atoms with Gasteiger partial charge in [-0.05, 0) is 52.4 Å². The first-order chi connectivity index (χ1) is 7.70. The van der Waals surface area contributed by atoms with Gasteiger partial charge in [-0.15, -0.1) is 0 Å². The van der Waals surface area contributed by atoms with Crippen molar-refractivity contribution in [1.82, 2.24) is 10.3 Å². The summed E-state index contributed by atoms with van der Waals surface area (Å²) in [6.07, 6.45) is 5.02. The van der Waals surface area contributed by atoms with E-state index in [-0.39, 0.29) is 6.04 Å². The third-order valence-electron chi connectivity index (χ3n) is 3.27. The highest BCUT2D eigenvalue weighted by Crippen LogP contribution is 2.37. The van der Waals surface area contributed by atoms with E-state index in [9.17, 15) is 0 Å². The Bertz CT molecular complexity index is 356. The number of aromatic nitrogens is 1. The molecule has 1 saturated carbocycles. The minimum Gasteiger partial charge on any atom is -0.329 e. The summed E-state index contributed by atoms with van der Waals surface area (Å²) in [5.74, 6) is 1.72. The highest BCUT2D eigenvalue weighted by molar-refractivity contribution is 9.10. The summed E-state index contributed by atoms with van der Waals surface area (Å²) in [4.78, 5) is 4.17. The van der Waals surface area contributed by atoms with Gasteiger partial charge in [-0.3, -0.25) is 4.98 Å². The van der Waals surface area contributed by atoms with E-state index in [1.807, 2.05) is 6.20 Å². The maximum absolute atomic E-state index is 5.79. The average molecular weight is 284 g/mol. The second kappa shape index (κ2) is 5.25. The molecule has 0 amide bonds. The fourth-order valence-corrected chi connectivity index (χ4v) is 2.32. The molecule has 0 bridgehead atoms. The minimum absolute atomic E-state index is 0.220. The molecule has 88 valence electrons. The van der Waals surface area contributed by atoms with Crippen LogP contribution in [0.5, 0.6) is 0 Å². The van der Waals surface area contributed by atoms with Crippen LogP contribution in [0.2, 0.25) is 0 Å². The van der Waals surface area contributed by atoms with Crippen molar-refractivity contribution in [2.24, 2.45) is 17.6 Å². The van der Waals surface area contributed by atoms with E-state index in [4.69, 9.17) is 5.73 Å². The van der Waals surface area contributed by atoms with Crippen molar-refractivity contribution in [2.75, 3.05) is 13.1 Å². The third-order valence-corrected chi connectivity index (χ3v) is 3.70. The molecule has 1 aromatic rings. The second-order valence-electron chi connectivity index (χ2n) is 4.61. The number of nitrogens with one attached hydrogen (secondary N) is 1. The van der Waals surface area contributed by atoms with Crippen LogP contribution in [0.3, 0.4) is 0 Å². The predicted molar refractivity (Wildman–Crippen MR) is 69.0 cm³/mol. The number of nitrogens with zero attached hydrogens (tertiary/aromatic N) is 1. The fourth-order valence-electron chi connectivity index (χ4n) is 1.93. The molecule has 1 fully saturated rings. The summed E-state index contributed by atoms with van der Waals surface area (Å²) in [5.41, 5.74) is 6.95. The lowest BCUT2D eigenvalue weighted by Crippen LogP contribution is -2.30. The molecule has 2 rings (SSSR count). The molecule has 0 saturated heterocycles. The van der Waals surface area contributed by atoms with Gasteiger partial charge in [0.05, 0.1) is 0 Å². The quantitative estimate of drug-likeness (QED) is 0.870. The van der Waals surface area contributed by atoms with Gasteiger partial charge in [0.15, 0.2) is 0 Å². The van der Waals surface area contributed by atoms with Crippen molar-refractivity contribution >= 4 is 15.9 Å². The Morgan fingerprint density at radius 3 is 2.94 bits per heavy atom. The monoisotopic (exact) mass is 283 g/mol. The van der Waals surface area contributed by atoms with E-state index >= 15 is 0 Å². The lowest BCUT2D eigenvalue weighted by molar-refractivity contribution is 0.510. The Kier molecular flexibility index (Phi) is 3.95. The largest absolute Gasteiger partial charge is 0.329 e. The van der Waals surface area contributed by atoms with Gasteiger partial charge in [0, 0.05) is 29.5 Å². The molecule has 1 heterocycles. The Morgan fingerprint density at radius 2 is 2.38 bits per heavy atom. The number of halogens is 1. The lowest BCUT2D eigenvalue weighted by Gasteiger charge is -2.17. The Hall–Kier alpha value is -0.450.